The molecule has 1 aliphatic heterocycles. The highest BCUT2D eigenvalue weighted by molar-refractivity contribution is 6.23. The van der Waals surface area contributed by atoms with Crippen LogP contribution in [0.25, 0.3) is 0 Å². The normalized spacial score (nSPS) is 15.9. The van der Waals surface area contributed by atoms with Gasteiger partial charge in [-0.25, -0.2) is 0 Å². The van der Waals surface area contributed by atoms with Crippen LogP contribution in [0.3, 0.4) is 0 Å². The fourth-order valence-corrected chi connectivity index (χ4v) is 1.38. The Morgan fingerprint density at radius 2 is 1.79 bits per heavy atom. The first-order chi connectivity index (χ1) is 6.49. The van der Waals surface area contributed by atoms with Gasteiger partial charge in [0.2, 0.25) is 0 Å². The molecule has 0 spiro atoms. The first-order valence-corrected chi connectivity index (χ1v) is 4.43. The van der Waals surface area contributed by atoms with E-state index in [0.29, 0.717) is 28.7 Å². The maximum absolute atomic E-state index is 11.4. The van der Waals surface area contributed by atoms with Crippen molar-refractivity contribution in [2.24, 2.45) is 0 Å². The zero-order valence-electron chi connectivity index (χ0n) is 8.44. The molecule has 0 aromatic heterocycles. The second-order valence-corrected chi connectivity index (χ2v) is 3.27. The zero-order chi connectivity index (χ0) is 10.9. The number of carbonyl (C=O) groups is 2. The minimum Gasteiger partial charge on any atom is -0.288 e. The minimum absolute atomic E-state index is 0. The van der Waals surface area contributed by atoms with Gasteiger partial charge < -0.3 is 0 Å². The van der Waals surface area contributed by atoms with E-state index in [-0.39, 0.29) is 13.2 Å². The summed E-state index contributed by atoms with van der Waals surface area (Å²) in [5.74, 6) is -0.730. The van der Waals surface area contributed by atoms with E-state index in [0.717, 1.165) is 0 Å². The summed E-state index contributed by atoms with van der Waals surface area (Å²) in [6.07, 6.45) is 0.646. The fraction of sp³-hybridized carbons (Fsp3) is 0.273. The fourth-order valence-electron chi connectivity index (χ4n) is 1.38. The lowest BCUT2D eigenvalue weighted by Gasteiger charge is -2.03. The van der Waals surface area contributed by atoms with E-state index in [1.54, 1.807) is 6.92 Å². The number of amides is 2. The second-order valence-electron chi connectivity index (χ2n) is 3.27. The Hall–Kier alpha value is -1.64. The van der Waals surface area contributed by atoms with Gasteiger partial charge in [0, 0.05) is 1.43 Å². The van der Waals surface area contributed by atoms with Crippen molar-refractivity contribution >= 4 is 11.8 Å². The first kappa shape index (κ1) is 10.4. The Balaban J connectivity index is 0.00000196. The van der Waals surface area contributed by atoms with Crippen LogP contribution in [0.2, 0.25) is 0 Å². The molecule has 0 aromatic carbocycles. The van der Waals surface area contributed by atoms with E-state index >= 15 is 0 Å². The van der Waals surface area contributed by atoms with Crippen LogP contribution in [0.4, 0.5) is 0 Å². The number of nitrogens with one attached hydrogen (secondary N) is 1. The van der Waals surface area contributed by atoms with Gasteiger partial charge in [-0.05, 0) is 24.5 Å². The predicted molar refractivity (Wildman–Crippen MR) is 56.5 cm³/mol. The van der Waals surface area contributed by atoms with Crippen LogP contribution >= 0.6 is 0 Å². The molecule has 1 heterocycles. The summed E-state index contributed by atoms with van der Waals surface area (Å²) in [4.78, 5) is 22.8. The highest BCUT2D eigenvalue weighted by atomic mass is 16.2. The number of imide groups is 1. The minimum atomic E-state index is -0.368. The standard InChI is InChI=1S/C11H13NO2.H2/c1-5-7(4)9-8(6(2)3)10(13)12-11(9)14;/h2,4-5H2,1,3H3,(H,12,13,14);1H. The van der Waals surface area contributed by atoms with Crippen LogP contribution in [-0.4, -0.2) is 11.8 Å². The largest absolute Gasteiger partial charge is 0.288 e. The Kier molecular flexibility index (Phi) is 2.70. The Labute approximate surface area is 84.7 Å². The topological polar surface area (TPSA) is 46.2 Å². The molecule has 1 N–H and O–H groups in total. The number of rotatable bonds is 3. The van der Waals surface area contributed by atoms with E-state index in [9.17, 15) is 9.59 Å². The quantitative estimate of drug-likeness (QED) is 0.694. The van der Waals surface area contributed by atoms with Crippen molar-refractivity contribution in [2.45, 2.75) is 20.3 Å². The molecule has 0 radical (unpaired) electrons. The van der Waals surface area contributed by atoms with E-state index in [2.05, 4.69) is 18.5 Å². The van der Waals surface area contributed by atoms with Gasteiger partial charge in [-0.2, -0.15) is 0 Å². The van der Waals surface area contributed by atoms with Crippen LogP contribution in [0.15, 0.2) is 35.5 Å². The third-order valence-electron chi connectivity index (χ3n) is 2.14. The lowest BCUT2D eigenvalue weighted by atomic mass is 9.97. The highest BCUT2D eigenvalue weighted by Crippen LogP contribution is 2.25. The molecule has 0 aliphatic carbocycles. The molecule has 14 heavy (non-hydrogen) atoms. The molecule has 1 aliphatic rings. The Bertz CT molecular complexity index is 380. The maximum atomic E-state index is 11.4. The van der Waals surface area contributed by atoms with Crippen molar-refractivity contribution in [3.63, 3.8) is 0 Å². The molecule has 0 bridgehead atoms. The zero-order valence-corrected chi connectivity index (χ0v) is 8.44. The molecular formula is C11H15NO2. The van der Waals surface area contributed by atoms with Crippen LogP contribution < -0.4 is 5.32 Å². The predicted octanol–water partition coefficient (Wildman–Crippen LogP) is 1.73. The molecule has 0 unspecified atom stereocenters. The van der Waals surface area contributed by atoms with E-state index in [4.69, 9.17) is 0 Å². The molecule has 0 fully saturated rings. The van der Waals surface area contributed by atoms with E-state index < -0.39 is 0 Å². The number of carbonyl (C=O) groups excluding carboxylic acids is 2. The SMILES string of the molecule is C=C(C)C1=C(C(=C)CC)C(=O)NC1=O.[HH]. The first-order valence-electron chi connectivity index (χ1n) is 4.43. The summed E-state index contributed by atoms with van der Waals surface area (Å²) >= 11 is 0. The monoisotopic (exact) mass is 193 g/mol. The lowest BCUT2D eigenvalue weighted by molar-refractivity contribution is -0.124. The van der Waals surface area contributed by atoms with Gasteiger partial charge in [-0.15, -0.1) is 0 Å². The van der Waals surface area contributed by atoms with Crippen LogP contribution in [0, 0.1) is 0 Å². The Morgan fingerprint density at radius 1 is 1.29 bits per heavy atom. The van der Waals surface area contributed by atoms with E-state index in [1.807, 2.05) is 6.92 Å². The summed E-state index contributed by atoms with van der Waals surface area (Å²) in [6.45, 7) is 11.0. The maximum Gasteiger partial charge on any atom is 0.259 e. The molecule has 0 atom stereocenters. The third kappa shape index (κ3) is 1.53. The Morgan fingerprint density at radius 3 is 2.21 bits per heavy atom. The van der Waals surface area contributed by atoms with Gasteiger partial charge in [0.05, 0.1) is 11.1 Å². The van der Waals surface area contributed by atoms with Gasteiger partial charge in [0.1, 0.15) is 0 Å². The number of hydrogen-bond donors (Lipinski definition) is 1. The van der Waals surface area contributed by atoms with Crippen LogP contribution in [-0.2, 0) is 9.59 Å². The summed E-state index contributed by atoms with van der Waals surface area (Å²) in [7, 11) is 0. The summed E-state index contributed by atoms with van der Waals surface area (Å²) in [5, 5.41) is 2.24. The molecule has 3 heteroatoms. The molecule has 2 amide bonds. The summed E-state index contributed by atoms with van der Waals surface area (Å²) < 4.78 is 0. The van der Waals surface area contributed by atoms with Gasteiger partial charge >= 0.3 is 0 Å². The average Bonchev–Trinajstić information content (AvgIpc) is 2.39. The molecule has 76 valence electrons. The third-order valence-corrected chi connectivity index (χ3v) is 2.14. The lowest BCUT2D eigenvalue weighted by Crippen LogP contribution is -2.23. The van der Waals surface area contributed by atoms with Crippen molar-refractivity contribution < 1.29 is 11.0 Å². The van der Waals surface area contributed by atoms with Crippen LogP contribution in [0.5, 0.6) is 0 Å². The van der Waals surface area contributed by atoms with Crippen molar-refractivity contribution in [3.8, 4) is 0 Å². The van der Waals surface area contributed by atoms with Crippen molar-refractivity contribution in [2.75, 3.05) is 0 Å². The van der Waals surface area contributed by atoms with Gasteiger partial charge in [-0.3, -0.25) is 14.9 Å². The second kappa shape index (κ2) is 3.62. The smallest absolute Gasteiger partial charge is 0.259 e. The van der Waals surface area contributed by atoms with Crippen molar-refractivity contribution in [1.29, 1.82) is 0 Å². The van der Waals surface area contributed by atoms with Gasteiger partial charge in [0.15, 0.2) is 0 Å². The van der Waals surface area contributed by atoms with Crippen molar-refractivity contribution in [3.05, 3.63) is 35.5 Å². The van der Waals surface area contributed by atoms with Gasteiger partial charge in [-0.1, -0.05) is 20.1 Å². The molecular weight excluding hydrogens is 178 g/mol. The van der Waals surface area contributed by atoms with Crippen molar-refractivity contribution in [1.82, 2.24) is 5.32 Å². The summed E-state index contributed by atoms with van der Waals surface area (Å²) in [5.41, 5.74) is 2.04. The molecule has 0 aromatic rings. The molecule has 0 saturated carbocycles. The summed E-state index contributed by atoms with van der Waals surface area (Å²) in [6, 6.07) is 0. The molecule has 0 saturated heterocycles. The number of hydrogen-bond acceptors (Lipinski definition) is 2. The highest BCUT2D eigenvalue weighted by Gasteiger charge is 2.31. The van der Waals surface area contributed by atoms with Crippen LogP contribution in [0.1, 0.15) is 21.7 Å². The average molecular weight is 193 g/mol. The van der Waals surface area contributed by atoms with Gasteiger partial charge in [0.25, 0.3) is 11.8 Å². The van der Waals surface area contributed by atoms with E-state index in [1.165, 1.54) is 0 Å². The molecule has 1 rings (SSSR count). The molecule has 3 nitrogen and oxygen atoms in total.